The van der Waals surface area contributed by atoms with E-state index in [0.717, 1.165) is 6.42 Å². The van der Waals surface area contributed by atoms with Crippen LogP contribution in [0, 0.1) is 0 Å². The number of hydrogen-bond acceptors (Lipinski definition) is 2. The minimum absolute atomic E-state index is 0.319. The van der Waals surface area contributed by atoms with E-state index in [1.807, 2.05) is 6.92 Å². The fourth-order valence-electron chi connectivity index (χ4n) is 0. The first-order valence-corrected chi connectivity index (χ1v) is 3.12. The van der Waals surface area contributed by atoms with E-state index in [-0.39, 0.29) is 0 Å². The lowest BCUT2D eigenvalue weighted by molar-refractivity contribution is 0.295. The maximum atomic E-state index is 8.67. The van der Waals surface area contributed by atoms with Crippen LogP contribution >= 0.6 is 0 Å². The van der Waals surface area contributed by atoms with Crippen molar-refractivity contribution in [2.24, 2.45) is 0 Å². The van der Waals surface area contributed by atoms with E-state index in [2.05, 4.69) is 0 Å². The average Bonchev–Trinajstić information content (AvgIpc) is 1.65. The Morgan fingerprint density at radius 2 is 1.62 bits per heavy atom. The van der Waals surface area contributed by atoms with E-state index in [4.69, 9.17) is 18.4 Å². The summed E-state index contributed by atoms with van der Waals surface area (Å²) in [5.41, 5.74) is 0. The van der Waals surface area contributed by atoms with E-state index in [9.17, 15) is 0 Å². The third-order valence-corrected chi connectivity index (χ3v) is 0.224. The van der Waals surface area contributed by atoms with Crippen molar-refractivity contribution in [1.82, 2.24) is 0 Å². The summed E-state index contributed by atoms with van der Waals surface area (Å²) in [5.74, 6) is 0. The summed E-state index contributed by atoms with van der Waals surface area (Å²) < 4.78 is 22.8. The monoisotopic (exact) mass is 142 g/mol. The van der Waals surface area contributed by atoms with Crippen LogP contribution in [0.5, 0.6) is 0 Å². The van der Waals surface area contributed by atoms with Gasteiger partial charge in [0.25, 0.3) is 11.4 Å². The lowest BCUT2D eigenvalue weighted by Crippen LogP contribution is -1.74. The Morgan fingerprint density at radius 3 is 1.62 bits per heavy atom. The van der Waals surface area contributed by atoms with Crippen molar-refractivity contribution >= 4 is 11.4 Å². The molecule has 0 aliphatic rings. The molecule has 3 N–H and O–H groups in total. The maximum Gasteiger partial charge on any atom is 0.299 e. The summed E-state index contributed by atoms with van der Waals surface area (Å²) in [6.45, 7) is 2.25. The summed E-state index contributed by atoms with van der Waals surface area (Å²) in [7, 11) is 0. The van der Waals surface area contributed by atoms with Crippen LogP contribution in [0.15, 0.2) is 0 Å². The van der Waals surface area contributed by atoms with E-state index >= 15 is 0 Å². The molecular weight excluding hydrogens is 132 g/mol. The average molecular weight is 142 g/mol. The minimum Gasteiger partial charge on any atom is -0.396 e. The van der Waals surface area contributed by atoms with E-state index in [0.29, 0.717) is 6.61 Å². The summed E-state index contributed by atoms with van der Waals surface area (Å²) >= 11 is -2.61. The smallest absolute Gasteiger partial charge is 0.299 e. The summed E-state index contributed by atoms with van der Waals surface area (Å²) in [5, 5.41) is 7.88. The fourth-order valence-corrected chi connectivity index (χ4v) is 0. The van der Waals surface area contributed by atoms with Crippen molar-refractivity contribution in [3.63, 3.8) is 0 Å². The Kier molecular flexibility index (Phi) is 13.8. The molecule has 4 nitrogen and oxygen atoms in total. The van der Waals surface area contributed by atoms with Crippen LogP contribution in [0.2, 0.25) is 0 Å². The minimum atomic E-state index is -2.61. The van der Waals surface area contributed by atoms with Crippen LogP contribution < -0.4 is 0 Å². The van der Waals surface area contributed by atoms with Crippen molar-refractivity contribution in [3.05, 3.63) is 0 Å². The summed E-state index contributed by atoms with van der Waals surface area (Å²) in [6, 6.07) is 0. The van der Waals surface area contributed by atoms with E-state index < -0.39 is 11.4 Å². The molecule has 0 unspecified atom stereocenters. The van der Waals surface area contributed by atoms with Gasteiger partial charge in [0.1, 0.15) is 0 Å². The van der Waals surface area contributed by atoms with E-state index in [1.165, 1.54) is 0 Å². The molecule has 0 aliphatic heterocycles. The van der Waals surface area contributed by atoms with Crippen LogP contribution in [0.3, 0.4) is 0 Å². The molecule has 5 heteroatoms. The molecule has 0 aromatic rings. The Hall–Kier alpha value is 0.0300. The second-order valence-electron chi connectivity index (χ2n) is 0.954. The van der Waals surface area contributed by atoms with Crippen LogP contribution in [0.4, 0.5) is 0 Å². The number of aliphatic hydroxyl groups excluding tert-OH is 1. The van der Waals surface area contributed by atoms with Gasteiger partial charge >= 0.3 is 0 Å². The van der Waals surface area contributed by atoms with Gasteiger partial charge < -0.3 is 5.11 Å². The zero-order valence-corrected chi connectivity index (χ0v) is 5.39. The third kappa shape index (κ3) is 144. The zero-order valence-electron chi connectivity index (χ0n) is 4.57. The van der Waals surface area contributed by atoms with Crippen molar-refractivity contribution in [2.45, 2.75) is 13.3 Å². The Labute approximate surface area is 50.6 Å². The highest BCUT2D eigenvalue weighted by Crippen LogP contribution is 1.61. The first-order valence-electron chi connectivity index (χ1n) is 2.06. The molecule has 8 heavy (non-hydrogen) atoms. The molecule has 0 fully saturated rings. The first kappa shape index (κ1) is 10.9. The van der Waals surface area contributed by atoms with Crippen molar-refractivity contribution in [2.75, 3.05) is 6.61 Å². The number of hydrogen-bond donors (Lipinski definition) is 3. The molecule has 0 atom stereocenters. The largest absolute Gasteiger partial charge is 0.396 e. The molecule has 0 radical (unpaired) electrons. The van der Waals surface area contributed by atoms with Crippen LogP contribution in [-0.2, 0) is 11.4 Å². The van der Waals surface area contributed by atoms with Gasteiger partial charge in [0.05, 0.1) is 0 Å². The molecule has 0 aromatic heterocycles. The molecule has 52 valence electrons. The zero-order chi connectivity index (χ0) is 6.99. The lowest BCUT2D eigenvalue weighted by atomic mass is 10.5. The summed E-state index contributed by atoms with van der Waals surface area (Å²) in [6.07, 6.45) is 0.875. The first-order chi connectivity index (χ1) is 3.65. The number of aliphatic hydroxyl groups is 1. The van der Waals surface area contributed by atoms with Gasteiger partial charge in [0.2, 0.25) is 0 Å². The Balaban J connectivity index is 0. The van der Waals surface area contributed by atoms with Gasteiger partial charge in [-0.3, -0.25) is 9.11 Å². The van der Waals surface area contributed by atoms with Gasteiger partial charge in [-0.05, 0) is 6.42 Å². The molecular formula is C3H10O4S. The molecule has 0 aromatic carbocycles. The molecule has 0 bridgehead atoms. The van der Waals surface area contributed by atoms with E-state index in [1.54, 1.807) is 0 Å². The molecule has 0 saturated carbocycles. The van der Waals surface area contributed by atoms with Gasteiger partial charge in [-0.25, -0.2) is 0 Å². The molecule has 0 spiro atoms. The second-order valence-corrected chi connectivity index (χ2v) is 1.42. The van der Waals surface area contributed by atoms with Gasteiger partial charge in [-0.1, -0.05) is 6.92 Å². The number of rotatable bonds is 1. The molecule has 0 aliphatic carbocycles. The predicted molar refractivity (Wildman–Crippen MR) is 30.8 cm³/mol. The molecule has 0 amide bonds. The standard InChI is InChI=1S/C3H8O.H2O3S/c1-2-3-4;1-4(2)3/h4H,2-3H2,1H3;(H2,1,2,3). The normalized spacial score (nSPS) is 8.12. The molecule has 0 saturated heterocycles. The van der Waals surface area contributed by atoms with Gasteiger partial charge in [0, 0.05) is 6.61 Å². The van der Waals surface area contributed by atoms with Gasteiger partial charge in [0.15, 0.2) is 0 Å². The molecule has 0 heterocycles. The van der Waals surface area contributed by atoms with Crippen molar-refractivity contribution in [1.29, 1.82) is 0 Å². The van der Waals surface area contributed by atoms with Crippen LogP contribution in [0.1, 0.15) is 13.3 Å². The van der Waals surface area contributed by atoms with Crippen molar-refractivity contribution in [3.8, 4) is 0 Å². The lowest BCUT2D eigenvalue weighted by Gasteiger charge is -1.69. The highest BCUT2D eigenvalue weighted by Gasteiger charge is 1.62. The predicted octanol–water partition coefficient (Wildman–Crippen LogP) is 0.0698. The van der Waals surface area contributed by atoms with Gasteiger partial charge in [-0.2, -0.15) is 4.21 Å². The topological polar surface area (TPSA) is 77.8 Å². The third-order valence-electron chi connectivity index (χ3n) is 0.224. The SMILES string of the molecule is CCCO.O=S(O)O. The maximum absolute atomic E-state index is 8.67. The Morgan fingerprint density at radius 1 is 1.50 bits per heavy atom. The van der Waals surface area contributed by atoms with Gasteiger partial charge in [-0.15, -0.1) is 0 Å². The summed E-state index contributed by atoms with van der Waals surface area (Å²) in [4.78, 5) is 0. The quantitative estimate of drug-likeness (QED) is 0.453. The van der Waals surface area contributed by atoms with Crippen LogP contribution in [0.25, 0.3) is 0 Å². The fraction of sp³-hybridized carbons (Fsp3) is 1.00. The van der Waals surface area contributed by atoms with Crippen molar-refractivity contribution < 1.29 is 18.4 Å². The van der Waals surface area contributed by atoms with Crippen LogP contribution in [-0.4, -0.2) is 25.0 Å². The molecule has 0 rings (SSSR count). The Bertz CT molecular complexity index is 49.2. The highest BCUT2D eigenvalue weighted by atomic mass is 32.2. The second kappa shape index (κ2) is 10.1. The highest BCUT2D eigenvalue weighted by molar-refractivity contribution is 7.73.